The molecular weight excluding hydrogens is 1300 g/mol. The number of quaternary nitrogens is 1. The number of esters is 1. The summed E-state index contributed by atoms with van der Waals surface area (Å²) in [6.07, 6.45) is 2.97. The largest absolute Gasteiger partial charge is 1.00 e. The molecule has 4 saturated heterocycles. The first kappa shape index (κ1) is 83.6. The number of nitro groups is 4. The Bertz CT molecular complexity index is 3740. The van der Waals surface area contributed by atoms with E-state index in [0.29, 0.717) is 50.1 Å². The standard InChI is InChI=1S/C21H32N2O4Si.C16H18N2O5.C15H18N2O4.C9H9NO4.C6H11N.CO2.ClH/c1-14-9-17(13-27-28(7,8)21(4,5)6)22(12-14)20(24)18-10-15(2)16(3)11-19(18)23(25)26;1-9-5-14(16(20)23-4)17(8-9)15(19)12-6-10(2)11(3)7-13(12)18(21)22;1-9-4-12(8-18)16(7-9)15(19)13-5-10(2)11(3)6-14(13)17(20)21;1-5-3-7(9(11)12)8(10(13)14)4-6(5)2;1-5-3-6(2)7-4-5;2-1-3;/h10-11,17H,1,9,12-13H2,2-8H3;6-7,14H,1,5,8H2,2-4H3;5-6,12,18H,1,4,7-8H2,2-3H3;3-4H,1-2H3,(H,11,12);6-7H,1,3-4H2,2H3;;1H/t17-;14-;12-;;6-;;/m000.1../s1. The number of methoxy groups -OCH3 is 1. The van der Waals surface area contributed by atoms with Crippen molar-refractivity contribution in [2.75, 3.05) is 46.5 Å². The van der Waals surface area contributed by atoms with Gasteiger partial charge in [0.2, 0.25) is 0 Å². The summed E-state index contributed by atoms with van der Waals surface area (Å²) in [6.45, 7) is 45.2. The number of aliphatic hydroxyl groups excluding tert-OH is 1. The van der Waals surface area contributed by atoms with Crippen molar-refractivity contribution in [3.8, 4) is 0 Å². The fraction of sp³-hybridized carbons (Fsp3) is 0.441. The lowest BCUT2D eigenvalue weighted by molar-refractivity contribution is -0.663. The molecule has 4 fully saturated rings. The summed E-state index contributed by atoms with van der Waals surface area (Å²) in [7, 11) is -0.719. The zero-order valence-electron chi connectivity index (χ0n) is 57.7. The molecule has 4 aliphatic heterocycles. The Hall–Kier alpha value is -9.44. The van der Waals surface area contributed by atoms with Crippen LogP contribution in [-0.2, 0) is 23.5 Å². The minimum Gasteiger partial charge on any atom is -1.00 e. The molecule has 0 unspecified atom stereocenters. The van der Waals surface area contributed by atoms with Crippen molar-refractivity contribution in [2.24, 2.45) is 0 Å². The lowest BCUT2D eigenvalue weighted by Gasteiger charge is -2.38. The summed E-state index contributed by atoms with van der Waals surface area (Å²) in [5.74, 6) is -3.14. The maximum atomic E-state index is 13.2. The number of amides is 3. The molecule has 526 valence electrons. The van der Waals surface area contributed by atoms with Crippen LogP contribution in [0.1, 0.15) is 139 Å². The number of aliphatic hydroxyl groups is 1. The number of carboxylic acid groups (broad SMARTS) is 1. The van der Waals surface area contributed by atoms with Crippen LogP contribution in [0.4, 0.5) is 22.7 Å². The molecule has 0 spiro atoms. The zero-order valence-corrected chi connectivity index (χ0v) is 59.5. The first-order valence-electron chi connectivity index (χ1n) is 30.5. The van der Waals surface area contributed by atoms with Crippen LogP contribution in [0, 0.1) is 95.8 Å². The van der Waals surface area contributed by atoms with E-state index in [1.807, 2.05) is 20.8 Å². The van der Waals surface area contributed by atoms with E-state index < -0.39 is 57.8 Å². The summed E-state index contributed by atoms with van der Waals surface area (Å²) in [5.41, 5.74) is 9.02. The number of ether oxygens (including phenoxy) is 1. The number of rotatable bonds is 13. The Morgan fingerprint density at radius 2 is 0.876 bits per heavy atom. The third kappa shape index (κ3) is 22.3. The summed E-state index contributed by atoms with van der Waals surface area (Å²) in [4.78, 5) is 124. The second-order valence-corrected chi connectivity index (χ2v) is 30.7. The minimum absolute atomic E-state index is 0. The predicted octanol–water partition coefficient (Wildman–Crippen LogP) is 7.36. The second-order valence-electron chi connectivity index (χ2n) is 25.9. The lowest BCUT2D eigenvalue weighted by atomic mass is 10.0. The molecule has 97 heavy (non-hydrogen) atoms. The third-order valence-electron chi connectivity index (χ3n) is 17.5. The van der Waals surface area contributed by atoms with Gasteiger partial charge in [-0.2, -0.15) is 9.59 Å². The van der Waals surface area contributed by atoms with Gasteiger partial charge in [0, 0.05) is 56.7 Å². The molecule has 0 aromatic heterocycles. The molecule has 27 nitrogen and oxygen atoms in total. The van der Waals surface area contributed by atoms with Crippen molar-refractivity contribution in [1.29, 1.82) is 0 Å². The molecular formula is C68H89ClN8O19Si. The van der Waals surface area contributed by atoms with E-state index >= 15 is 0 Å². The topological polar surface area (TPSA) is 377 Å². The van der Waals surface area contributed by atoms with E-state index in [1.165, 1.54) is 65.3 Å². The molecule has 4 aliphatic rings. The molecule has 0 bridgehead atoms. The molecule has 0 aliphatic carbocycles. The highest BCUT2D eigenvalue weighted by molar-refractivity contribution is 6.74. The van der Waals surface area contributed by atoms with Crippen LogP contribution in [0.3, 0.4) is 0 Å². The van der Waals surface area contributed by atoms with Gasteiger partial charge in [-0.25, -0.2) is 9.59 Å². The average Bonchev–Trinajstić information content (AvgIpc) is 1.78. The van der Waals surface area contributed by atoms with Crippen LogP contribution in [-0.4, -0.2) is 159 Å². The summed E-state index contributed by atoms with van der Waals surface area (Å²) in [5, 5.41) is 65.0. The smallest absolute Gasteiger partial charge is 0.373 e. The Balaban J connectivity index is 0.000000425. The number of carbonyl (C=O) groups excluding carboxylic acids is 6. The van der Waals surface area contributed by atoms with Gasteiger partial charge in [-0.1, -0.05) is 63.8 Å². The highest BCUT2D eigenvalue weighted by atomic mass is 35.5. The van der Waals surface area contributed by atoms with E-state index in [9.17, 15) is 69.5 Å². The van der Waals surface area contributed by atoms with Gasteiger partial charge >= 0.3 is 18.1 Å². The molecule has 4 heterocycles. The van der Waals surface area contributed by atoms with E-state index in [4.69, 9.17) is 23.9 Å². The molecule has 4 aromatic carbocycles. The minimum atomic E-state index is -1.96. The molecule has 8 rings (SSSR count). The van der Waals surface area contributed by atoms with Crippen molar-refractivity contribution in [3.05, 3.63) is 204 Å². The molecule has 29 heteroatoms. The van der Waals surface area contributed by atoms with Crippen molar-refractivity contribution in [2.45, 2.75) is 151 Å². The number of nitrogens with zero attached hydrogens (tertiary/aromatic N) is 7. The fourth-order valence-electron chi connectivity index (χ4n) is 10.4. The summed E-state index contributed by atoms with van der Waals surface area (Å²) < 4.78 is 11.0. The van der Waals surface area contributed by atoms with Gasteiger partial charge in [0.05, 0.1) is 64.7 Å². The van der Waals surface area contributed by atoms with Gasteiger partial charge in [0.15, 0.2) is 8.32 Å². The van der Waals surface area contributed by atoms with Crippen LogP contribution in [0.25, 0.3) is 0 Å². The number of hydrogen-bond acceptors (Lipinski definition) is 18. The molecule has 4 N–H and O–H groups in total. The number of carboxylic acids is 1. The molecule has 4 atom stereocenters. The highest BCUT2D eigenvalue weighted by Crippen LogP contribution is 2.38. The van der Waals surface area contributed by atoms with Crippen LogP contribution < -0.4 is 17.7 Å². The van der Waals surface area contributed by atoms with E-state index in [1.54, 1.807) is 51.7 Å². The van der Waals surface area contributed by atoms with Gasteiger partial charge < -0.3 is 51.8 Å². The average molecular weight is 1390 g/mol. The van der Waals surface area contributed by atoms with Gasteiger partial charge in [-0.15, -0.1) is 0 Å². The Labute approximate surface area is 571 Å². The van der Waals surface area contributed by atoms with Gasteiger partial charge in [-0.05, 0) is 168 Å². The number of benzene rings is 4. The molecule has 0 saturated carbocycles. The fourth-order valence-corrected chi connectivity index (χ4v) is 11.4. The molecule has 4 aromatic rings. The van der Waals surface area contributed by atoms with Crippen molar-refractivity contribution in [3.63, 3.8) is 0 Å². The lowest BCUT2D eigenvalue weighted by Crippen LogP contribution is -3.00. The molecule has 3 amide bonds. The van der Waals surface area contributed by atoms with Crippen LogP contribution in [0.2, 0.25) is 18.1 Å². The van der Waals surface area contributed by atoms with Gasteiger partial charge in [0.25, 0.3) is 40.5 Å². The van der Waals surface area contributed by atoms with E-state index in [0.717, 1.165) is 62.7 Å². The zero-order chi connectivity index (χ0) is 73.3. The second kappa shape index (κ2) is 36.1. The number of aryl methyl sites for hydroxylation is 8. The van der Waals surface area contributed by atoms with Crippen LogP contribution in [0.15, 0.2) is 97.1 Å². The third-order valence-corrected chi connectivity index (χ3v) is 22.0. The number of aromatic carboxylic acids is 1. The highest BCUT2D eigenvalue weighted by Gasteiger charge is 2.42. The number of nitro benzene ring substituents is 4. The number of halogens is 1. The van der Waals surface area contributed by atoms with Crippen molar-refractivity contribution < 1.29 is 90.4 Å². The number of carbonyl (C=O) groups is 5. The number of likely N-dealkylation sites (tertiary alicyclic amines) is 3. The SMILES string of the molecule is C=C1C[C@@H](C(=O)OC)N(C(=O)c2cc(C)c(C)cc2[N+](=O)[O-])C1.C=C1C[C@@H](CO)N(C(=O)c2cc(C)c(C)cc2[N+](=O)[O-])C1.C=C1C[C@@H](CO[Si](C)(C)C(C)(C)C)N(C(=O)c2cc(C)c(C)cc2[N+](=O)[O-])C1.C=C1C[NH2+][C@H](C)C1.Cc1cc(C(=O)O)c([N+](=O)[O-])cc1C.O=C=O.[Cl-]. The number of hydrogen-bond donors (Lipinski definition) is 3. The van der Waals surface area contributed by atoms with E-state index in [-0.39, 0.29) is 99.7 Å². The maximum absolute atomic E-state index is 13.2. The van der Waals surface area contributed by atoms with Crippen molar-refractivity contribution in [1.82, 2.24) is 14.7 Å². The summed E-state index contributed by atoms with van der Waals surface area (Å²) >= 11 is 0. The Kier molecular flexibility index (Phi) is 31.1. The van der Waals surface area contributed by atoms with Crippen molar-refractivity contribution >= 4 is 66.9 Å². The van der Waals surface area contributed by atoms with Crippen LogP contribution >= 0.6 is 0 Å². The van der Waals surface area contributed by atoms with Gasteiger partial charge in [0.1, 0.15) is 28.3 Å². The van der Waals surface area contributed by atoms with Crippen LogP contribution in [0.5, 0.6) is 0 Å². The maximum Gasteiger partial charge on any atom is 0.373 e. The Morgan fingerprint density at radius 3 is 1.18 bits per heavy atom. The quantitative estimate of drug-likeness (QED) is 0.0387. The van der Waals surface area contributed by atoms with E-state index in [2.05, 4.69) is 72.4 Å². The normalized spacial score (nSPS) is 17.0. The first-order chi connectivity index (χ1) is 44.5. The monoisotopic (exact) mass is 1380 g/mol. The predicted molar refractivity (Wildman–Crippen MR) is 360 cm³/mol. The first-order valence-corrected chi connectivity index (χ1v) is 33.4. The van der Waals surface area contributed by atoms with Gasteiger partial charge in [-0.3, -0.25) is 54.8 Å². The molecule has 0 radical (unpaired) electrons. The summed E-state index contributed by atoms with van der Waals surface area (Å²) in [6, 6.07) is 11.0. The Morgan fingerprint density at radius 1 is 0.567 bits per heavy atom. The number of nitrogens with two attached hydrogens (primary N) is 1.